The number of hydrogen-bond acceptors (Lipinski definition) is 2. The standard InChI is InChI=1S/C18H18N4/c1-22(18(20)21-15-9-5-8-14(19)12-15)17-11-4-7-13-6-2-3-10-16(13)17/h2-12H,19H2,1H3,(H2,20,21). The Morgan fingerprint density at radius 3 is 2.50 bits per heavy atom. The van der Waals surface area contributed by atoms with Crippen LogP contribution < -0.4 is 16.4 Å². The number of nitrogen functional groups attached to an aromatic ring is 1. The van der Waals surface area contributed by atoms with Gasteiger partial charge in [0.1, 0.15) is 0 Å². The van der Waals surface area contributed by atoms with Gasteiger partial charge in [0.25, 0.3) is 0 Å². The molecule has 0 saturated heterocycles. The molecule has 0 aliphatic heterocycles. The second kappa shape index (κ2) is 5.77. The Morgan fingerprint density at radius 2 is 1.68 bits per heavy atom. The number of anilines is 2. The van der Waals surface area contributed by atoms with Crippen molar-refractivity contribution < 1.29 is 0 Å². The average molecular weight is 290 g/mol. The fourth-order valence-electron chi connectivity index (χ4n) is 2.43. The van der Waals surface area contributed by atoms with Crippen LogP contribution in [-0.4, -0.2) is 13.0 Å². The minimum absolute atomic E-state index is 0.418. The summed E-state index contributed by atoms with van der Waals surface area (Å²) in [5.41, 5.74) is 14.4. The van der Waals surface area contributed by atoms with Crippen LogP contribution in [0.15, 0.2) is 71.7 Å². The molecule has 4 nitrogen and oxygen atoms in total. The molecule has 3 aromatic rings. The molecule has 0 bridgehead atoms. The van der Waals surface area contributed by atoms with Crippen molar-refractivity contribution in [3.63, 3.8) is 0 Å². The Labute approximate surface area is 129 Å². The third kappa shape index (κ3) is 2.72. The highest BCUT2D eigenvalue weighted by atomic mass is 15.2. The van der Waals surface area contributed by atoms with Crippen LogP contribution in [0.25, 0.3) is 10.8 Å². The van der Waals surface area contributed by atoms with Crippen LogP contribution in [0.3, 0.4) is 0 Å². The third-order valence-electron chi connectivity index (χ3n) is 3.59. The molecule has 0 aliphatic rings. The summed E-state index contributed by atoms with van der Waals surface area (Å²) in [4.78, 5) is 6.32. The van der Waals surface area contributed by atoms with Crippen molar-refractivity contribution in [3.8, 4) is 0 Å². The lowest BCUT2D eigenvalue weighted by molar-refractivity contribution is 1.23. The van der Waals surface area contributed by atoms with Gasteiger partial charge in [0.2, 0.25) is 5.96 Å². The first kappa shape index (κ1) is 13.9. The Hall–Kier alpha value is -3.01. The quantitative estimate of drug-likeness (QED) is 0.431. The molecule has 0 radical (unpaired) electrons. The van der Waals surface area contributed by atoms with E-state index in [0.29, 0.717) is 11.6 Å². The van der Waals surface area contributed by atoms with E-state index in [1.165, 1.54) is 5.39 Å². The predicted octanol–water partition coefficient (Wildman–Crippen LogP) is 3.50. The van der Waals surface area contributed by atoms with E-state index >= 15 is 0 Å². The van der Waals surface area contributed by atoms with E-state index in [4.69, 9.17) is 11.5 Å². The summed E-state index contributed by atoms with van der Waals surface area (Å²) < 4.78 is 0. The molecular formula is C18H18N4. The Kier molecular flexibility index (Phi) is 3.66. The van der Waals surface area contributed by atoms with Crippen molar-refractivity contribution in [2.75, 3.05) is 17.7 Å². The largest absolute Gasteiger partial charge is 0.399 e. The molecule has 0 aromatic heterocycles. The van der Waals surface area contributed by atoms with E-state index in [-0.39, 0.29) is 0 Å². The molecule has 3 rings (SSSR count). The van der Waals surface area contributed by atoms with Gasteiger partial charge >= 0.3 is 0 Å². The van der Waals surface area contributed by atoms with Gasteiger partial charge in [0, 0.05) is 18.1 Å². The molecular weight excluding hydrogens is 272 g/mol. The van der Waals surface area contributed by atoms with Gasteiger partial charge in [-0.25, -0.2) is 4.99 Å². The van der Waals surface area contributed by atoms with Gasteiger partial charge in [-0.2, -0.15) is 0 Å². The molecule has 0 saturated carbocycles. The smallest absolute Gasteiger partial charge is 0.200 e. The molecule has 0 aliphatic carbocycles. The van der Waals surface area contributed by atoms with Crippen LogP contribution in [-0.2, 0) is 0 Å². The molecule has 22 heavy (non-hydrogen) atoms. The van der Waals surface area contributed by atoms with Crippen LogP contribution >= 0.6 is 0 Å². The topological polar surface area (TPSA) is 67.6 Å². The number of nitrogens with two attached hydrogens (primary N) is 2. The minimum Gasteiger partial charge on any atom is -0.399 e. The van der Waals surface area contributed by atoms with Gasteiger partial charge < -0.3 is 16.4 Å². The van der Waals surface area contributed by atoms with E-state index in [1.54, 1.807) is 6.07 Å². The lowest BCUT2D eigenvalue weighted by Crippen LogP contribution is -2.33. The van der Waals surface area contributed by atoms with Crippen LogP contribution in [0.4, 0.5) is 17.1 Å². The lowest BCUT2D eigenvalue weighted by atomic mass is 10.1. The highest BCUT2D eigenvalue weighted by Crippen LogP contribution is 2.26. The Morgan fingerprint density at radius 1 is 0.955 bits per heavy atom. The number of hydrogen-bond donors (Lipinski definition) is 2. The van der Waals surface area contributed by atoms with Crippen molar-refractivity contribution in [2.24, 2.45) is 10.7 Å². The summed E-state index contributed by atoms with van der Waals surface area (Å²) >= 11 is 0. The molecule has 0 fully saturated rings. The first-order chi connectivity index (χ1) is 10.6. The Bertz CT molecular complexity index is 834. The number of rotatable bonds is 2. The van der Waals surface area contributed by atoms with E-state index < -0.39 is 0 Å². The molecule has 0 atom stereocenters. The fraction of sp³-hybridized carbons (Fsp3) is 0.0556. The zero-order valence-corrected chi connectivity index (χ0v) is 12.4. The van der Waals surface area contributed by atoms with Crippen molar-refractivity contribution in [2.45, 2.75) is 0 Å². The zero-order chi connectivity index (χ0) is 15.5. The summed E-state index contributed by atoms with van der Waals surface area (Å²) in [5, 5.41) is 2.31. The highest BCUT2D eigenvalue weighted by Gasteiger charge is 2.09. The normalized spacial score (nSPS) is 11.6. The van der Waals surface area contributed by atoms with Gasteiger partial charge in [0.05, 0.1) is 11.4 Å². The van der Waals surface area contributed by atoms with Gasteiger partial charge in [-0.1, -0.05) is 42.5 Å². The first-order valence-corrected chi connectivity index (χ1v) is 7.06. The molecule has 110 valence electrons. The Balaban J connectivity index is 2.00. The SMILES string of the molecule is CN(C(N)=Nc1cccc(N)c1)c1cccc2ccccc12. The maximum Gasteiger partial charge on any atom is 0.200 e. The molecule has 0 spiro atoms. The number of guanidine groups is 1. The maximum atomic E-state index is 6.16. The van der Waals surface area contributed by atoms with Crippen molar-refractivity contribution in [1.82, 2.24) is 0 Å². The maximum absolute atomic E-state index is 6.16. The van der Waals surface area contributed by atoms with E-state index in [2.05, 4.69) is 23.2 Å². The minimum atomic E-state index is 0.418. The summed E-state index contributed by atoms with van der Waals surface area (Å²) in [6.07, 6.45) is 0. The van der Waals surface area contributed by atoms with Crippen LogP contribution in [0, 0.1) is 0 Å². The third-order valence-corrected chi connectivity index (χ3v) is 3.59. The summed E-state index contributed by atoms with van der Waals surface area (Å²) in [7, 11) is 1.91. The van der Waals surface area contributed by atoms with Crippen molar-refractivity contribution >= 4 is 33.8 Å². The van der Waals surface area contributed by atoms with Gasteiger partial charge in [-0.3, -0.25) is 0 Å². The van der Waals surface area contributed by atoms with Crippen LogP contribution in [0.1, 0.15) is 0 Å². The molecule has 0 amide bonds. The van der Waals surface area contributed by atoms with E-state index in [9.17, 15) is 0 Å². The highest BCUT2D eigenvalue weighted by molar-refractivity contribution is 6.04. The monoisotopic (exact) mass is 290 g/mol. The molecule has 0 unspecified atom stereocenters. The predicted molar refractivity (Wildman–Crippen MR) is 94.5 cm³/mol. The second-order valence-corrected chi connectivity index (χ2v) is 5.12. The van der Waals surface area contributed by atoms with Gasteiger partial charge in [-0.05, 0) is 29.7 Å². The van der Waals surface area contributed by atoms with E-state index in [0.717, 1.165) is 16.8 Å². The number of nitrogens with zero attached hydrogens (tertiary/aromatic N) is 2. The number of aliphatic imine (C=N–C) groups is 1. The first-order valence-electron chi connectivity index (χ1n) is 7.06. The van der Waals surface area contributed by atoms with Crippen LogP contribution in [0.2, 0.25) is 0 Å². The van der Waals surface area contributed by atoms with Gasteiger partial charge in [-0.15, -0.1) is 0 Å². The summed E-state index contributed by atoms with van der Waals surface area (Å²) in [6.45, 7) is 0. The van der Waals surface area contributed by atoms with E-state index in [1.807, 2.05) is 54.4 Å². The molecule has 4 N–H and O–H groups in total. The number of fused-ring (bicyclic) bond motifs is 1. The van der Waals surface area contributed by atoms with Crippen molar-refractivity contribution in [1.29, 1.82) is 0 Å². The zero-order valence-electron chi connectivity index (χ0n) is 12.4. The van der Waals surface area contributed by atoms with Crippen LogP contribution in [0.5, 0.6) is 0 Å². The van der Waals surface area contributed by atoms with Gasteiger partial charge in [0.15, 0.2) is 0 Å². The molecule has 0 heterocycles. The second-order valence-electron chi connectivity index (χ2n) is 5.12. The lowest BCUT2D eigenvalue weighted by Gasteiger charge is -2.20. The van der Waals surface area contributed by atoms with Crippen molar-refractivity contribution in [3.05, 3.63) is 66.7 Å². The molecule has 3 aromatic carbocycles. The summed E-state index contributed by atoms with van der Waals surface area (Å²) in [5.74, 6) is 0.418. The fourth-order valence-corrected chi connectivity index (χ4v) is 2.43. The molecule has 4 heteroatoms. The number of benzene rings is 3. The average Bonchev–Trinajstić information content (AvgIpc) is 2.53. The summed E-state index contributed by atoms with van der Waals surface area (Å²) in [6, 6.07) is 21.7.